The van der Waals surface area contributed by atoms with Gasteiger partial charge in [0.2, 0.25) is 0 Å². The van der Waals surface area contributed by atoms with Crippen LogP contribution < -0.4 is 10.6 Å². The summed E-state index contributed by atoms with van der Waals surface area (Å²) in [7, 11) is 0. The summed E-state index contributed by atoms with van der Waals surface area (Å²) in [5.74, 6) is 1.37. The molecule has 2 fully saturated rings. The Morgan fingerprint density at radius 2 is 2.16 bits per heavy atom. The summed E-state index contributed by atoms with van der Waals surface area (Å²) in [6.45, 7) is 7.04. The Morgan fingerprint density at radius 3 is 2.80 bits per heavy atom. The summed E-state index contributed by atoms with van der Waals surface area (Å²) >= 11 is 1.42. The van der Waals surface area contributed by atoms with Gasteiger partial charge in [-0.15, -0.1) is 11.3 Å². The molecule has 0 radical (unpaired) electrons. The van der Waals surface area contributed by atoms with Crippen LogP contribution in [0.3, 0.4) is 0 Å². The van der Waals surface area contributed by atoms with Gasteiger partial charge in [0.05, 0.1) is 0 Å². The first kappa shape index (κ1) is 16.5. The molecule has 2 aromatic heterocycles. The van der Waals surface area contributed by atoms with Gasteiger partial charge in [0.1, 0.15) is 11.5 Å². The number of carbonyl (C=O) groups excluding carboxylic acids is 1. The van der Waals surface area contributed by atoms with E-state index >= 15 is 0 Å². The first-order valence-electron chi connectivity index (χ1n) is 8.84. The van der Waals surface area contributed by atoms with E-state index in [0.717, 1.165) is 12.2 Å². The lowest BCUT2D eigenvalue weighted by Crippen LogP contribution is -2.46. The Hall–Kier alpha value is -1.95. The van der Waals surface area contributed by atoms with Crippen LogP contribution in [0.4, 0.5) is 10.9 Å². The molecule has 0 spiro atoms. The minimum absolute atomic E-state index is 0.0695. The van der Waals surface area contributed by atoms with Crippen molar-refractivity contribution in [2.75, 3.05) is 5.32 Å². The monoisotopic (exact) mass is 356 g/mol. The molecule has 2 N–H and O–H groups in total. The summed E-state index contributed by atoms with van der Waals surface area (Å²) in [6.07, 6.45) is 5.28. The first-order valence-corrected chi connectivity index (χ1v) is 9.72. The molecule has 0 aliphatic heterocycles. The van der Waals surface area contributed by atoms with Gasteiger partial charge in [-0.2, -0.15) is 0 Å². The number of hydrogen-bond donors (Lipinski definition) is 2. The Kier molecular flexibility index (Phi) is 3.83. The van der Waals surface area contributed by atoms with E-state index in [0.29, 0.717) is 22.2 Å². The van der Waals surface area contributed by atoms with Gasteiger partial charge in [-0.25, -0.2) is 9.97 Å². The maximum atomic E-state index is 12.7. The minimum atomic E-state index is -0.0695. The van der Waals surface area contributed by atoms with Crippen molar-refractivity contribution in [2.45, 2.75) is 46.1 Å². The number of nitrogens with zero attached hydrogens (tertiary/aromatic N) is 2. The molecule has 0 unspecified atom stereocenters. The molecular formula is C19H24N4OS. The zero-order valence-electron chi connectivity index (χ0n) is 14.9. The molecule has 4 rings (SSSR count). The third kappa shape index (κ3) is 2.63. The van der Waals surface area contributed by atoms with E-state index in [1.54, 1.807) is 11.6 Å². The smallest absolute Gasteiger partial charge is 0.271 e. The van der Waals surface area contributed by atoms with Crippen LogP contribution >= 0.6 is 11.3 Å². The molecule has 132 valence electrons. The average molecular weight is 356 g/mol. The van der Waals surface area contributed by atoms with Crippen LogP contribution in [0.5, 0.6) is 0 Å². The third-order valence-corrected chi connectivity index (χ3v) is 7.49. The van der Waals surface area contributed by atoms with Gasteiger partial charge in [-0.05, 0) is 48.1 Å². The molecule has 2 saturated carbocycles. The molecular weight excluding hydrogens is 332 g/mol. The zero-order chi connectivity index (χ0) is 17.7. The fraction of sp³-hybridized carbons (Fsp3) is 0.526. The number of amides is 1. The molecule has 2 bridgehead atoms. The van der Waals surface area contributed by atoms with Gasteiger partial charge in [0.25, 0.3) is 5.91 Å². The Balaban J connectivity index is 1.44. The molecule has 2 aliphatic carbocycles. The van der Waals surface area contributed by atoms with Crippen molar-refractivity contribution < 1.29 is 4.79 Å². The van der Waals surface area contributed by atoms with Crippen molar-refractivity contribution in [3.63, 3.8) is 0 Å². The van der Waals surface area contributed by atoms with Crippen LogP contribution in [0.2, 0.25) is 0 Å². The number of pyridine rings is 1. The van der Waals surface area contributed by atoms with Gasteiger partial charge < -0.3 is 10.6 Å². The number of hydrogen-bond acceptors (Lipinski definition) is 5. The highest BCUT2D eigenvalue weighted by molar-refractivity contribution is 7.14. The maximum absolute atomic E-state index is 12.7. The van der Waals surface area contributed by atoms with Crippen molar-refractivity contribution in [3.8, 4) is 0 Å². The first-order chi connectivity index (χ1) is 11.9. The van der Waals surface area contributed by atoms with Crippen LogP contribution in [0.25, 0.3) is 0 Å². The van der Waals surface area contributed by atoms with Crippen molar-refractivity contribution in [1.29, 1.82) is 0 Å². The number of nitrogens with one attached hydrogen (secondary N) is 2. The van der Waals surface area contributed by atoms with E-state index in [1.807, 2.05) is 18.2 Å². The standard InChI is InChI=1S/C19H24N4OS/c1-18(2)12-7-8-19(18,3)14(10-12)22-16(24)13-11-25-17(21-13)23-15-6-4-5-9-20-15/h4-6,9,11-12,14H,7-8,10H2,1-3H3,(H,22,24)(H,20,21,23)/t12-,14-,19-/m0/s1. The highest BCUT2D eigenvalue weighted by Crippen LogP contribution is 2.65. The van der Waals surface area contributed by atoms with Crippen molar-refractivity contribution in [3.05, 3.63) is 35.5 Å². The van der Waals surface area contributed by atoms with Crippen LogP contribution in [0, 0.1) is 16.7 Å². The van der Waals surface area contributed by atoms with Crippen molar-refractivity contribution in [1.82, 2.24) is 15.3 Å². The summed E-state index contributed by atoms with van der Waals surface area (Å²) < 4.78 is 0. The van der Waals surface area contributed by atoms with E-state index in [2.05, 4.69) is 41.4 Å². The van der Waals surface area contributed by atoms with E-state index in [-0.39, 0.29) is 17.4 Å². The number of fused-ring (bicyclic) bond motifs is 2. The Morgan fingerprint density at radius 1 is 1.32 bits per heavy atom. The molecule has 0 saturated heterocycles. The second kappa shape index (κ2) is 5.80. The summed E-state index contributed by atoms with van der Waals surface area (Å²) in [6, 6.07) is 5.89. The minimum Gasteiger partial charge on any atom is -0.347 e. The van der Waals surface area contributed by atoms with Gasteiger partial charge in [-0.1, -0.05) is 26.8 Å². The van der Waals surface area contributed by atoms with Crippen molar-refractivity contribution >= 4 is 28.2 Å². The third-order valence-electron chi connectivity index (χ3n) is 6.74. The number of thiazole rings is 1. The molecule has 5 nitrogen and oxygen atoms in total. The molecule has 2 heterocycles. The van der Waals surface area contributed by atoms with Gasteiger partial charge in [0.15, 0.2) is 5.13 Å². The normalized spacial score (nSPS) is 29.6. The van der Waals surface area contributed by atoms with Gasteiger partial charge in [0, 0.05) is 17.6 Å². The van der Waals surface area contributed by atoms with E-state index in [1.165, 1.54) is 24.2 Å². The topological polar surface area (TPSA) is 66.9 Å². The quantitative estimate of drug-likeness (QED) is 0.860. The van der Waals surface area contributed by atoms with Crippen LogP contribution in [-0.4, -0.2) is 21.9 Å². The molecule has 2 aliphatic rings. The average Bonchev–Trinajstić information content (AvgIpc) is 3.19. The number of aromatic nitrogens is 2. The summed E-state index contributed by atoms with van der Waals surface area (Å²) in [4.78, 5) is 21.3. The molecule has 6 heteroatoms. The predicted molar refractivity (Wildman–Crippen MR) is 100 cm³/mol. The van der Waals surface area contributed by atoms with Crippen molar-refractivity contribution in [2.24, 2.45) is 16.7 Å². The number of rotatable bonds is 4. The maximum Gasteiger partial charge on any atom is 0.271 e. The zero-order valence-corrected chi connectivity index (χ0v) is 15.7. The molecule has 2 aromatic rings. The molecule has 1 amide bonds. The lowest BCUT2D eigenvalue weighted by Gasteiger charge is -2.39. The fourth-order valence-electron chi connectivity index (χ4n) is 4.64. The second-order valence-corrected chi connectivity index (χ2v) is 8.87. The largest absolute Gasteiger partial charge is 0.347 e. The highest BCUT2D eigenvalue weighted by atomic mass is 32.1. The second-order valence-electron chi connectivity index (χ2n) is 8.01. The lowest BCUT2D eigenvalue weighted by molar-refractivity contribution is 0.0822. The summed E-state index contributed by atoms with van der Waals surface area (Å²) in [5, 5.41) is 8.89. The van der Waals surface area contributed by atoms with E-state index in [9.17, 15) is 4.79 Å². The van der Waals surface area contributed by atoms with Crippen LogP contribution in [0.1, 0.15) is 50.5 Å². The molecule has 0 aromatic carbocycles. The van der Waals surface area contributed by atoms with Crippen LogP contribution in [0.15, 0.2) is 29.8 Å². The van der Waals surface area contributed by atoms with Crippen LogP contribution in [-0.2, 0) is 0 Å². The van der Waals surface area contributed by atoms with E-state index in [4.69, 9.17) is 0 Å². The van der Waals surface area contributed by atoms with E-state index < -0.39 is 0 Å². The Labute approximate surface area is 152 Å². The predicted octanol–water partition coefficient (Wildman–Crippen LogP) is 4.23. The lowest BCUT2D eigenvalue weighted by atomic mass is 9.69. The summed E-state index contributed by atoms with van der Waals surface area (Å²) in [5.41, 5.74) is 0.949. The Bertz CT molecular complexity index is 788. The van der Waals surface area contributed by atoms with Gasteiger partial charge >= 0.3 is 0 Å². The molecule has 3 atom stereocenters. The molecule has 25 heavy (non-hydrogen) atoms. The highest BCUT2D eigenvalue weighted by Gasteiger charge is 2.61. The number of carbonyl (C=O) groups is 1. The SMILES string of the molecule is CC1(C)[C@H]2CC[C@@]1(C)[C@@H](NC(=O)c1csc(Nc3ccccn3)n1)C2. The fourth-order valence-corrected chi connectivity index (χ4v) is 5.33. The van der Waals surface area contributed by atoms with Gasteiger partial charge in [-0.3, -0.25) is 4.79 Å². The number of anilines is 2.